The lowest BCUT2D eigenvalue weighted by Gasteiger charge is -2.44. The molecule has 0 aliphatic carbocycles. The molecule has 5 heteroatoms. The highest BCUT2D eigenvalue weighted by atomic mass is 16.2. The normalized spacial score (nSPS) is 21.5. The summed E-state index contributed by atoms with van der Waals surface area (Å²) in [4.78, 5) is 29.2. The van der Waals surface area contributed by atoms with Crippen molar-refractivity contribution in [2.45, 2.75) is 18.9 Å². The summed E-state index contributed by atoms with van der Waals surface area (Å²) in [7, 11) is 0. The Labute approximate surface area is 199 Å². The second-order valence-corrected chi connectivity index (χ2v) is 9.39. The van der Waals surface area contributed by atoms with Gasteiger partial charge in [-0.15, -0.1) is 0 Å². The van der Waals surface area contributed by atoms with Crippen LogP contribution in [-0.2, 0) is 0 Å². The van der Waals surface area contributed by atoms with Gasteiger partial charge in [0.2, 0.25) is 5.78 Å². The summed E-state index contributed by atoms with van der Waals surface area (Å²) in [6.45, 7) is 3.18. The minimum absolute atomic E-state index is 0.0947. The molecule has 2 aromatic heterocycles. The molecule has 2 aromatic carbocycles. The summed E-state index contributed by atoms with van der Waals surface area (Å²) in [5.41, 5.74) is 4.59. The Balaban J connectivity index is 1.29. The van der Waals surface area contributed by atoms with Crippen molar-refractivity contribution in [2.75, 3.05) is 19.6 Å². The molecule has 1 atom stereocenters. The van der Waals surface area contributed by atoms with Gasteiger partial charge in [0.1, 0.15) is 0 Å². The summed E-state index contributed by atoms with van der Waals surface area (Å²) in [5.74, 6) is 0.357. The van der Waals surface area contributed by atoms with Gasteiger partial charge in [0.05, 0.1) is 16.8 Å². The third-order valence-electron chi connectivity index (χ3n) is 7.38. The summed E-state index contributed by atoms with van der Waals surface area (Å²) in [5, 5.41) is 3.27. The molecule has 5 nitrogen and oxygen atoms in total. The van der Waals surface area contributed by atoms with Gasteiger partial charge in [-0.1, -0.05) is 60.7 Å². The van der Waals surface area contributed by atoms with Crippen LogP contribution in [0, 0.1) is 5.92 Å². The molecule has 34 heavy (non-hydrogen) atoms. The first-order valence-corrected chi connectivity index (χ1v) is 12.0. The molecule has 7 rings (SSSR count). The van der Waals surface area contributed by atoms with Crippen LogP contribution in [0.25, 0.3) is 16.6 Å². The number of benzene rings is 2. The van der Waals surface area contributed by atoms with Gasteiger partial charge in [0.25, 0.3) is 5.91 Å². The third kappa shape index (κ3) is 3.72. The Morgan fingerprint density at radius 2 is 1.53 bits per heavy atom. The Bertz CT molecular complexity index is 1350. The second-order valence-electron chi connectivity index (χ2n) is 9.39. The van der Waals surface area contributed by atoms with Crippen LogP contribution in [-0.4, -0.2) is 46.7 Å². The van der Waals surface area contributed by atoms with E-state index in [1.54, 1.807) is 6.07 Å². The van der Waals surface area contributed by atoms with Crippen LogP contribution in [0.1, 0.15) is 39.3 Å². The number of ketones is 1. The summed E-state index contributed by atoms with van der Waals surface area (Å²) < 4.78 is 1.83. The first kappa shape index (κ1) is 20.9. The fourth-order valence-electron chi connectivity index (χ4n) is 5.48. The van der Waals surface area contributed by atoms with E-state index in [1.165, 1.54) is 0 Å². The molecule has 0 spiro atoms. The van der Waals surface area contributed by atoms with Crippen LogP contribution in [0.15, 0.2) is 85.1 Å². The summed E-state index contributed by atoms with van der Waals surface area (Å²) >= 11 is 0. The zero-order valence-electron chi connectivity index (χ0n) is 19.0. The number of carbonyl (C=O) groups is 2. The van der Waals surface area contributed by atoms with E-state index in [9.17, 15) is 9.59 Å². The van der Waals surface area contributed by atoms with Crippen molar-refractivity contribution >= 4 is 17.2 Å². The van der Waals surface area contributed by atoms with Gasteiger partial charge >= 0.3 is 0 Å². The van der Waals surface area contributed by atoms with Crippen molar-refractivity contribution in [3.63, 3.8) is 0 Å². The third-order valence-corrected chi connectivity index (χ3v) is 7.38. The number of carbonyl (C=O) groups excluding carboxylic acids is 2. The minimum atomic E-state index is -0.0964. The van der Waals surface area contributed by atoms with Crippen molar-refractivity contribution in [1.82, 2.24) is 14.6 Å². The highest BCUT2D eigenvalue weighted by Crippen LogP contribution is 2.28. The smallest absolute Gasteiger partial charge is 0.253 e. The topological polar surface area (TPSA) is 53.8 Å². The van der Waals surface area contributed by atoms with Gasteiger partial charge in [-0.2, -0.15) is 0 Å². The maximum Gasteiger partial charge on any atom is 0.253 e. The van der Waals surface area contributed by atoms with Crippen LogP contribution in [0.5, 0.6) is 0 Å². The average Bonchev–Trinajstić information content (AvgIpc) is 3.29. The predicted molar refractivity (Wildman–Crippen MR) is 133 cm³/mol. The van der Waals surface area contributed by atoms with E-state index < -0.39 is 0 Å². The number of aromatic nitrogens is 1. The molecule has 5 heterocycles. The molecular formula is C29H27N3O2. The van der Waals surface area contributed by atoms with Gasteiger partial charge in [0, 0.05) is 24.3 Å². The molecule has 0 saturated carbocycles. The fourth-order valence-corrected chi connectivity index (χ4v) is 5.48. The number of nitrogens with zero attached hydrogens (tertiary/aromatic N) is 2. The monoisotopic (exact) mass is 449 g/mol. The Kier molecular flexibility index (Phi) is 5.27. The van der Waals surface area contributed by atoms with Crippen molar-refractivity contribution < 1.29 is 9.59 Å². The van der Waals surface area contributed by atoms with E-state index >= 15 is 0 Å². The van der Waals surface area contributed by atoms with E-state index in [1.807, 2.05) is 71.3 Å². The zero-order valence-corrected chi connectivity index (χ0v) is 19.0. The quantitative estimate of drug-likeness (QED) is 0.451. The number of rotatable bonds is 5. The first-order chi connectivity index (χ1) is 16.7. The lowest BCUT2D eigenvalue weighted by Crippen LogP contribution is -2.57. The molecule has 3 saturated heterocycles. The van der Waals surface area contributed by atoms with Crippen molar-refractivity contribution in [2.24, 2.45) is 5.92 Å². The molecule has 3 aliphatic heterocycles. The second kappa shape index (κ2) is 8.58. The van der Waals surface area contributed by atoms with Crippen molar-refractivity contribution in [3.05, 3.63) is 102 Å². The molecule has 2 bridgehead atoms. The van der Waals surface area contributed by atoms with E-state index in [0.29, 0.717) is 22.7 Å². The maximum atomic E-state index is 13.5. The van der Waals surface area contributed by atoms with Crippen LogP contribution in [0.3, 0.4) is 0 Å². The summed E-state index contributed by atoms with van der Waals surface area (Å²) in [6, 6.07) is 25.4. The van der Waals surface area contributed by atoms with Gasteiger partial charge in [-0.05, 0) is 61.2 Å². The molecule has 1 N–H and O–H groups in total. The molecule has 0 radical (unpaired) electrons. The van der Waals surface area contributed by atoms with Gasteiger partial charge in [-0.25, -0.2) is 0 Å². The fraction of sp³-hybridized carbons (Fsp3) is 0.241. The highest BCUT2D eigenvalue weighted by molar-refractivity contribution is 6.12. The molecule has 4 aromatic rings. The van der Waals surface area contributed by atoms with Crippen molar-refractivity contribution in [1.29, 1.82) is 0 Å². The predicted octanol–water partition coefficient (Wildman–Crippen LogP) is 4.66. The average molecular weight is 450 g/mol. The largest absolute Gasteiger partial charge is 0.348 e. The van der Waals surface area contributed by atoms with Crippen LogP contribution in [0.4, 0.5) is 0 Å². The van der Waals surface area contributed by atoms with E-state index in [4.69, 9.17) is 0 Å². The molecule has 3 aliphatic rings. The van der Waals surface area contributed by atoms with Gasteiger partial charge in [-0.3, -0.25) is 9.59 Å². The number of fused-ring (bicyclic) bond motifs is 4. The Morgan fingerprint density at radius 3 is 2.24 bits per heavy atom. The van der Waals surface area contributed by atoms with Gasteiger partial charge < -0.3 is 14.6 Å². The van der Waals surface area contributed by atoms with E-state index in [2.05, 4.69) is 22.3 Å². The first-order valence-electron chi connectivity index (χ1n) is 12.0. The van der Waals surface area contributed by atoms with Gasteiger partial charge in [0.15, 0.2) is 0 Å². The molecule has 3 fully saturated rings. The standard InChI is InChI=1S/C29H27N3O2/c33-28(23-11-9-21(10-12-23)20-6-2-1-3-7-20)27-18-24(26-8-4-5-15-32(26)27)29(34)30-25-19-31-16-13-22(25)14-17-31/h1-12,15,18,22,25H,13-14,16-17,19H2,(H,30,34)/t25-/m0/s1. The highest BCUT2D eigenvalue weighted by Gasteiger charge is 2.35. The van der Waals surface area contributed by atoms with Crippen LogP contribution in [0.2, 0.25) is 0 Å². The summed E-state index contributed by atoms with van der Waals surface area (Å²) in [6.07, 6.45) is 4.14. The number of nitrogens with one attached hydrogen (secondary N) is 1. The lowest BCUT2D eigenvalue weighted by atomic mass is 9.84. The lowest BCUT2D eigenvalue weighted by molar-refractivity contribution is 0.0621. The van der Waals surface area contributed by atoms with E-state index in [0.717, 1.165) is 49.1 Å². The van der Waals surface area contributed by atoms with Crippen LogP contribution < -0.4 is 5.32 Å². The Morgan fingerprint density at radius 1 is 0.824 bits per heavy atom. The minimum Gasteiger partial charge on any atom is -0.348 e. The maximum absolute atomic E-state index is 13.5. The molecule has 0 unspecified atom stereocenters. The SMILES string of the molecule is O=C(N[C@H]1CN2CCC1CC2)c1cc(C(=O)c2ccc(-c3ccccc3)cc2)n2ccccc12. The number of piperidine rings is 3. The molecular weight excluding hydrogens is 422 g/mol. The van der Waals surface area contributed by atoms with Crippen LogP contribution >= 0.6 is 0 Å². The van der Waals surface area contributed by atoms with E-state index in [-0.39, 0.29) is 17.7 Å². The number of pyridine rings is 1. The number of hydrogen-bond acceptors (Lipinski definition) is 3. The molecule has 170 valence electrons. The molecule has 1 amide bonds. The number of hydrogen-bond donors (Lipinski definition) is 1. The van der Waals surface area contributed by atoms with Crippen molar-refractivity contribution in [3.8, 4) is 11.1 Å². The zero-order chi connectivity index (χ0) is 23.1. The number of amides is 1. The Hall–Kier alpha value is -3.70.